The summed E-state index contributed by atoms with van der Waals surface area (Å²) in [5.74, 6) is 0.866. The van der Waals surface area contributed by atoms with E-state index in [9.17, 15) is 0 Å². The third-order valence-corrected chi connectivity index (χ3v) is 4.54. The number of aliphatic imine (C=N–C) groups is 1. The van der Waals surface area contributed by atoms with Gasteiger partial charge in [-0.3, -0.25) is 4.99 Å². The molecule has 3 nitrogen and oxygen atoms in total. The highest BCUT2D eigenvalue weighted by molar-refractivity contribution is 9.09. The summed E-state index contributed by atoms with van der Waals surface area (Å²) < 4.78 is 5.10. The summed E-state index contributed by atoms with van der Waals surface area (Å²) in [6, 6.07) is 7.85. The number of thioether (sulfide) groups is 1. The Labute approximate surface area is 108 Å². The Morgan fingerprint density at radius 3 is 2.81 bits per heavy atom. The standard InChI is InChI=1S/C11H13BrN2OS/c1-15-9-4-2-8(3-5-9)14-11-13-7-10(6-12)16-11/h2-5,10H,6-7H2,1H3,(H,13,14)/t10-/m0/s1. The van der Waals surface area contributed by atoms with E-state index in [1.54, 1.807) is 18.9 Å². The molecule has 1 aromatic carbocycles. The number of hydrogen-bond donors (Lipinski definition) is 1. The van der Waals surface area contributed by atoms with Crippen LogP contribution < -0.4 is 10.1 Å². The maximum atomic E-state index is 5.10. The number of nitrogens with one attached hydrogen (secondary N) is 1. The van der Waals surface area contributed by atoms with Gasteiger partial charge in [0.1, 0.15) is 5.75 Å². The molecule has 1 N–H and O–H groups in total. The van der Waals surface area contributed by atoms with E-state index in [2.05, 4.69) is 26.2 Å². The molecule has 0 fully saturated rings. The predicted octanol–water partition coefficient (Wildman–Crippen LogP) is 2.97. The van der Waals surface area contributed by atoms with Crippen molar-refractivity contribution in [2.45, 2.75) is 5.25 Å². The van der Waals surface area contributed by atoms with Gasteiger partial charge in [-0.15, -0.1) is 0 Å². The number of rotatable bonds is 3. The summed E-state index contributed by atoms with van der Waals surface area (Å²) in [5.41, 5.74) is 1.04. The van der Waals surface area contributed by atoms with Crippen molar-refractivity contribution in [3.63, 3.8) is 0 Å². The van der Waals surface area contributed by atoms with Gasteiger partial charge in [-0.25, -0.2) is 0 Å². The summed E-state index contributed by atoms with van der Waals surface area (Å²) in [6.07, 6.45) is 0. The van der Waals surface area contributed by atoms with Crippen LogP contribution in [0.2, 0.25) is 0 Å². The van der Waals surface area contributed by atoms with Crippen LogP contribution in [0, 0.1) is 0 Å². The molecule has 16 heavy (non-hydrogen) atoms. The van der Waals surface area contributed by atoms with Gasteiger partial charge in [0.25, 0.3) is 0 Å². The molecule has 0 radical (unpaired) electrons. The number of nitrogens with zero attached hydrogens (tertiary/aromatic N) is 1. The van der Waals surface area contributed by atoms with E-state index in [1.165, 1.54) is 0 Å². The fourth-order valence-electron chi connectivity index (χ4n) is 1.36. The fraction of sp³-hybridized carbons (Fsp3) is 0.364. The van der Waals surface area contributed by atoms with E-state index in [4.69, 9.17) is 4.74 Å². The molecule has 1 aliphatic heterocycles. The highest BCUT2D eigenvalue weighted by atomic mass is 79.9. The van der Waals surface area contributed by atoms with Gasteiger partial charge in [-0.1, -0.05) is 27.7 Å². The third kappa shape index (κ3) is 2.92. The first kappa shape index (κ1) is 11.8. The second-order valence-electron chi connectivity index (χ2n) is 3.39. The molecule has 0 amide bonds. The van der Waals surface area contributed by atoms with E-state index in [0.717, 1.165) is 28.5 Å². The normalized spacial score (nSPS) is 19.4. The zero-order valence-corrected chi connectivity index (χ0v) is 11.3. The van der Waals surface area contributed by atoms with Crippen molar-refractivity contribution >= 4 is 38.5 Å². The summed E-state index contributed by atoms with van der Waals surface area (Å²) >= 11 is 5.25. The minimum absolute atomic E-state index is 0.556. The molecule has 0 spiro atoms. The molecule has 1 heterocycles. The zero-order chi connectivity index (χ0) is 11.4. The van der Waals surface area contributed by atoms with Gasteiger partial charge in [0, 0.05) is 16.3 Å². The molecule has 2 rings (SSSR count). The van der Waals surface area contributed by atoms with Gasteiger partial charge in [-0.2, -0.15) is 0 Å². The Bertz CT molecular complexity index is 380. The highest BCUT2D eigenvalue weighted by Crippen LogP contribution is 2.24. The minimum atomic E-state index is 0.556. The number of ether oxygens (including phenoxy) is 1. The minimum Gasteiger partial charge on any atom is -0.497 e. The quantitative estimate of drug-likeness (QED) is 0.872. The number of alkyl halides is 1. The van der Waals surface area contributed by atoms with Crippen LogP contribution in [0.15, 0.2) is 29.3 Å². The van der Waals surface area contributed by atoms with Gasteiger partial charge in [0.15, 0.2) is 5.17 Å². The topological polar surface area (TPSA) is 33.6 Å². The average molecular weight is 301 g/mol. The second-order valence-corrected chi connectivity index (χ2v) is 5.33. The number of amidine groups is 1. The SMILES string of the molecule is COc1ccc(NC2=NC[C@H](CBr)S2)cc1. The zero-order valence-electron chi connectivity index (χ0n) is 8.94. The first-order chi connectivity index (χ1) is 7.81. The Morgan fingerprint density at radius 1 is 1.50 bits per heavy atom. The molecule has 0 saturated heterocycles. The molecule has 0 bridgehead atoms. The first-order valence-electron chi connectivity index (χ1n) is 5.00. The molecule has 0 aromatic heterocycles. The number of methoxy groups -OCH3 is 1. The lowest BCUT2D eigenvalue weighted by atomic mass is 10.3. The lowest BCUT2D eigenvalue weighted by Gasteiger charge is -2.07. The molecular formula is C11H13BrN2OS. The van der Waals surface area contributed by atoms with Crippen molar-refractivity contribution in [3.05, 3.63) is 24.3 Å². The van der Waals surface area contributed by atoms with Crippen molar-refractivity contribution in [2.24, 2.45) is 4.99 Å². The summed E-state index contributed by atoms with van der Waals surface area (Å²) in [5, 5.41) is 5.83. The van der Waals surface area contributed by atoms with Crippen LogP contribution >= 0.6 is 27.7 Å². The maximum Gasteiger partial charge on any atom is 0.161 e. The van der Waals surface area contributed by atoms with Gasteiger partial charge in [-0.05, 0) is 24.3 Å². The van der Waals surface area contributed by atoms with E-state index in [-0.39, 0.29) is 0 Å². The van der Waals surface area contributed by atoms with E-state index >= 15 is 0 Å². The Morgan fingerprint density at radius 2 is 2.25 bits per heavy atom. The number of anilines is 1. The van der Waals surface area contributed by atoms with Crippen LogP contribution in [-0.2, 0) is 0 Å². The lowest BCUT2D eigenvalue weighted by Crippen LogP contribution is -2.08. The van der Waals surface area contributed by atoms with Crippen LogP contribution in [-0.4, -0.2) is 29.4 Å². The third-order valence-electron chi connectivity index (χ3n) is 2.23. The van der Waals surface area contributed by atoms with E-state index < -0.39 is 0 Å². The van der Waals surface area contributed by atoms with Gasteiger partial charge in [0.05, 0.1) is 13.7 Å². The van der Waals surface area contributed by atoms with Crippen molar-refractivity contribution in [2.75, 3.05) is 24.3 Å². The summed E-state index contributed by atoms with van der Waals surface area (Å²) in [7, 11) is 1.67. The smallest absolute Gasteiger partial charge is 0.161 e. The molecular weight excluding hydrogens is 288 g/mol. The van der Waals surface area contributed by atoms with Crippen LogP contribution in [0.5, 0.6) is 5.75 Å². The van der Waals surface area contributed by atoms with Crippen LogP contribution in [0.1, 0.15) is 0 Å². The van der Waals surface area contributed by atoms with Gasteiger partial charge in [0.2, 0.25) is 0 Å². The Balaban J connectivity index is 1.94. The molecule has 86 valence electrons. The van der Waals surface area contributed by atoms with Gasteiger partial charge < -0.3 is 10.1 Å². The predicted molar refractivity (Wildman–Crippen MR) is 74.1 cm³/mol. The Kier molecular flexibility index (Phi) is 4.12. The van der Waals surface area contributed by atoms with Crippen molar-refractivity contribution in [1.82, 2.24) is 0 Å². The highest BCUT2D eigenvalue weighted by Gasteiger charge is 2.18. The first-order valence-corrected chi connectivity index (χ1v) is 7.00. The lowest BCUT2D eigenvalue weighted by molar-refractivity contribution is 0.415. The van der Waals surface area contributed by atoms with Crippen LogP contribution in [0.4, 0.5) is 5.69 Å². The number of hydrogen-bond acceptors (Lipinski definition) is 4. The largest absolute Gasteiger partial charge is 0.497 e. The molecule has 5 heteroatoms. The number of halogens is 1. The molecule has 1 aliphatic rings. The molecule has 0 aliphatic carbocycles. The van der Waals surface area contributed by atoms with Crippen LogP contribution in [0.3, 0.4) is 0 Å². The molecule has 0 saturated carbocycles. The van der Waals surface area contributed by atoms with Crippen molar-refractivity contribution < 1.29 is 4.74 Å². The van der Waals surface area contributed by atoms with Crippen molar-refractivity contribution in [1.29, 1.82) is 0 Å². The number of benzene rings is 1. The van der Waals surface area contributed by atoms with Crippen LogP contribution in [0.25, 0.3) is 0 Å². The molecule has 0 unspecified atom stereocenters. The van der Waals surface area contributed by atoms with Crippen molar-refractivity contribution in [3.8, 4) is 5.75 Å². The average Bonchev–Trinajstić information content (AvgIpc) is 2.78. The molecule has 1 atom stereocenters. The monoisotopic (exact) mass is 300 g/mol. The summed E-state index contributed by atoms with van der Waals surface area (Å²) in [4.78, 5) is 4.43. The summed E-state index contributed by atoms with van der Waals surface area (Å²) in [6.45, 7) is 0.883. The fourth-order valence-corrected chi connectivity index (χ4v) is 2.82. The molecule has 1 aromatic rings. The maximum absolute atomic E-state index is 5.10. The van der Waals surface area contributed by atoms with E-state index in [0.29, 0.717) is 5.25 Å². The second kappa shape index (κ2) is 5.59. The van der Waals surface area contributed by atoms with E-state index in [1.807, 2.05) is 24.3 Å². The Hall–Kier alpha value is -0.680. The van der Waals surface area contributed by atoms with Gasteiger partial charge >= 0.3 is 0 Å².